The molecule has 26 heavy (non-hydrogen) atoms. The highest BCUT2D eigenvalue weighted by Gasteiger charge is 2.23. The fraction of sp³-hybridized carbons (Fsp3) is 0.381. The number of likely N-dealkylation sites (tertiary alicyclic amines) is 1. The van der Waals surface area contributed by atoms with Gasteiger partial charge in [0.1, 0.15) is 6.54 Å². The zero-order valence-corrected chi connectivity index (χ0v) is 16.0. The first-order valence-corrected chi connectivity index (χ1v) is 10.3. The van der Waals surface area contributed by atoms with E-state index in [0.717, 1.165) is 30.8 Å². The first-order valence-electron chi connectivity index (χ1n) is 9.39. The Morgan fingerprint density at radius 2 is 2.15 bits per heavy atom. The van der Waals surface area contributed by atoms with Gasteiger partial charge in [0.25, 0.3) is 0 Å². The molecule has 0 unspecified atom stereocenters. The number of benzene rings is 1. The molecule has 136 valence electrons. The number of aromatic nitrogens is 1. The Morgan fingerprint density at radius 1 is 1.27 bits per heavy atom. The summed E-state index contributed by atoms with van der Waals surface area (Å²) in [7, 11) is 0. The number of para-hydroxylation sites is 1. The predicted molar refractivity (Wildman–Crippen MR) is 109 cm³/mol. The van der Waals surface area contributed by atoms with Crippen molar-refractivity contribution < 1.29 is 4.79 Å². The summed E-state index contributed by atoms with van der Waals surface area (Å²) in [5, 5.41) is 6.42. The first kappa shape index (κ1) is 17.3. The first-order chi connectivity index (χ1) is 12.8. The van der Waals surface area contributed by atoms with Crippen LogP contribution >= 0.6 is 11.3 Å². The van der Waals surface area contributed by atoms with Crippen molar-refractivity contribution in [3.05, 3.63) is 47.8 Å². The molecule has 0 aliphatic carbocycles. The van der Waals surface area contributed by atoms with Crippen molar-refractivity contribution in [2.24, 2.45) is 0 Å². The number of hydrogen-bond donors (Lipinski definition) is 1. The number of nitrogens with one attached hydrogen (secondary N) is 1. The highest BCUT2D eigenvalue weighted by molar-refractivity contribution is 7.13. The van der Waals surface area contributed by atoms with Gasteiger partial charge >= 0.3 is 0 Å². The molecule has 1 N–H and O–H groups in total. The van der Waals surface area contributed by atoms with Gasteiger partial charge in [-0.15, -0.1) is 11.3 Å². The fourth-order valence-corrected chi connectivity index (χ4v) is 4.73. The zero-order valence-electron chi connectivity index (χ0n) is 15.1. The second-order valence-corrected chi connectivity index (χ2v) is 7.83. The summed E-state index contributed by atoms with van der Waals surface area (Å²) in [6.07, 6.45) is 2.42. The lowest BCUT2D eigenvalue weighted by Crippen LogP contribution is -2.41. The van der Waals surface area contributed by atoms with Crippen LogP contribution in [0.2, 0.25) is 0 Å². The molecule has 1 aliphatic heterocycles. The van der Waals surface area contributed by atoms with Gasteiger partial charge < -0.3 is 9.88 Å². The van der Waals surface area contributed by atoms with Crippen molar-refractivity contribution in [2.45, 2.75) is 32.4 Å². The van der Waals surface area contributed by atoms with Crippen LogP contribution in [0.1, 0.15) is 19.8 Å². The number of carbonyl (C=O) groups excluding carboxylic acids is 1. The molecule has 3 aromatic rings. The molecule has 1 fully saturated rings. The van der Waals surface area contributed by atoms with E-state index in [4.69, 9.17) is 0 Å². The number of rotatable bonds is 6. The van der Waals surface area contributed by atoms with Crippen LogP contribution in [0, 0.1) is 0 Å². The summed E-state index contributed by atoms with van der Waals surface area (Å²) in [4.78, 5) is 16.3. The molecule has 4 rings (SSSR count). The molecule has 3 heterocycles. The number of nitrogens with zero attached hydrogens (tertiary/aromatic N) is 2. The van der Waals surface area contributed by atoms with Crippen molar-refractivity contribution >= 4 is 28.1 Å². The van der Waals surface area contributed by atoms with Gasteiger partial charge in [-0.2, -0.15) is 0 Å². The molecule has 1 atom stereocenters. The topological polar surface area (TPSA) is 37.3 Å². The minimum absolute atomic E-state index is 0.0899. The van der Waals surface area contributed by atoms with Gasteiger partial charge in [0.05, 0.1) is 10.6 Å². The zero-order chi connectivity index (χ0) is 17.9. The number of carbonyl (C=O) groups is 1. The van der Waals surface area contributed by atoms with Crippen molar-refractivity contribution in [3.63, 3.8) is 0 Å². The third-order valence-corrected chi connectivity index (χ3v) is 6.22. The minimum Gasteiger partial charge on any atom is -0.353 e. The highest BCUT2D eigenvalue weighted by atomic mass is 32.1. The van der Waals surface area contributed by atoms with E-state index in [1.54, 1.807) is 11.3 Å². The lowest BCUT2D eigenvalue weighted by atomic mass is 10.2. The number of thiophene rings is 1. The second-order valence-electron chi connectivity index (χ2n) is 6.88. The molecular formula is C21H25N3OS. The van der Waals surface area contributed by atoms with E-state index in [-0.39, 0.29) is 5.91 Å². The van der Waals surface area contributed by atoms with Crippen LogP contribution in [0.15, 0.2) is 47.8 Å². The van der Waals surface area contributed by atoms with Crippen LogP contribution in [-0.2, 0) is 11.3 Å². The monoisotopic (exact) mass is 367 g/mol. The Bertz CT molecular complexity index is 884. The van der Waals surface area contributed by atoms with Gasteiger partial charge in [0.15, 0.2) is 0 Å². The third-order valence-electron chi connectivity index (χ3n) is 5.33. The van der Waals surface area contributed by atoms with E-state index in [1.165, 1.54) is 23.1 Å². The highest BCUT2D eigenvalue weighted by Crippen LogP contribution is 2.31. The molecule has 0 saturated carbocycles. The molecule has 1 saturated heterocycles. The molecule has 0 radical (unpaired) electrons. The lowest BCUT2D eigenvalue weighted by molar-refractivity contribution is -0.121. The molecular weight excluding hydrogens is 342 g/mol. The van der Waals surface area contributed by atoms with Crippen molar-refractivity contribution in [3.8, 4) is 10.6 Å². The third kappa shape index (κ3) is 3.41. The Labute approximate surface area is 158 Å². The van der Waals surface area contributed by atoms with Crippen LogP contribution in [-0.4, -0.2) is 41.1 Å². The van der Waals surface area contributed by atoms with E-state index in [0.29, 0.717) is 12.6 Å². The molecule has 0 spiro atoms. The maximum Gasteiger partial charge on any atom is 0.240 e. The smallest absolute Gasteiger partial charge is 0.240 e. The van der Waals surface area contributed by atoms with Gasteiger partial charge in [-0.3, -0.25) is 9.69 Å². The molecule has 1 aliphatic rings. The molecule has 1 aromatic carbocycles. The molecule has 4 nitrogen and oxygen atoms in total. The SMILES string of the molecule is CCN1CCC[C@@H]1CNC(=O)Cn1c(-c2cccs2)cc2ccccc21. The molecule has 5 heteroatoms. The average molecular weight is 368 g/mol. The summed E-state index contributed by atoms with van der Waals surface area (Å²) >= 11 is 1.71. The number of amides is 1. The summed E-state index contributed by atoms with van der Waals surface area (Å²) in [5.41, 5.74) is 2.23. The van der Waals surface area contributed by atoms with E-state index < -0.39 is 0 Å². The van der Waals surface area contributed by atoms with Crippen molar-refractivity contribution in [2.75, 3.05) is 19.6 Å². The summed E-state index contributed by atoms with van der Waals surface area (Å²) in [6, 6.07) is 15.1. The average Bonchev–Trinajstić information content (AvgIpc) is 3.39. The Hall–Kier alpha value is -2.11. The summed E-state index contributed by atoms with van der Waals surface area (Å²) in [5.74, 6) is 0.0899. The molecule has 1 amide bonds. The molecule has 0 bridgehead atoms. The van der Waals surface area contributed by atoms with E-state index in [2.05, 4.69) is 57.4 Å². The normalized spacial score (nSPS) is 17.8. The van der Waals surface area contributed by atoms with Gasteiger partial charge in [0, 0.05) is 23.5 Å². The van der Waals surface area contributed by atoms with Crippen molar-refractivity contribution in [1.29, 1.82) is 0 Å². The quantitative estimate of drug-likeness (QED) is 0.716. The van der Waals surface area contributed by atoms with Crippen LogP contribution in [0.4, 0.5) is 0 Å². The number of fused-ring (bicyclic) bond motifs is 1. The Balaban J connectivity index is 1.53. The standard InChI is InChI=1S/C21H25N3OS/c1-2-23-11-5-8-17(23)14-22-21(25)15-24-18-9-4-3-7-16(18)13-19(24)20-10-6-12-26-20/h3-4,6-7,9-10,12-13,17H,2,5,8,11,14-15H2,1H3,(H,22,25)/t17-/m1/s1. The summed E-state index contributed by atoms with van der Waals surface area (Å²) in [6.45, 7) is 5.52. The number of likely N-dealkylation sites (N-methyl/N-ethyl adjacent to an activating group) is 1. The Kier molecular flexibility index (Phi) is 5.09. The minimum atomic E-state index is 0.0899. The Morgan fingerprint density at radius 3 is 2.96 bits per heavy atom. The summed E-state index contributed by atoms with van der Waals surface area (Å²) < 4.78 is 2.14. The number of hydrogen-bond acceptors (Lipinski definition) is 3. The largest absolute Gasteiger partial charge is 0.353 e. The van der Waals surface area contributed by atoms with Crippen LogP contribution in [0.3, 0.4) is 0 Å². The van der Waals surface area contributed by atoms with Crippen LogP contribution in [0.5, 0.6) is 0 Å². The van der Waals surface area contributed by atoms with E-state index in [9.17, 15) is 4.79 Å². The van der Waals surface area contributed by atoms with E-state index >= 15 is 0 Å². The van der Waals surface area contributed by atoms with Gasteiger partial charge in [0.2, 0.25) is 5.91 Å². The van der Waals surface area contributed by atoms with Crippen LogP contribution < -0.4 is 5.32 Å². The van der Waals surface area contributed by atoms with Gasteiger partial charge in [-0.25, -0.2) is 0 Å². The molecule has 2 aromatic heterocycles. The fourth-order valence-electron chi connectivity index (χ4n) is 3.98. The van der Waals surface area contributed by atoms with Gasteiger partial charge in [-0.1, -0.05) is 31.2 Å². The maximum atomic E-state index is 12.7. The van der Waals surface area contributed by atoms with Gasteiger partial charge in [-0.05, 0) is 49.5 Å². The second kappa shape index (κ2) is 7.64. The predicted octanol–water partition coefficient (Wildman–Crippen LogP) is 3.97. The maximum absolute atomic E-state index is 12.7. The van der Waals surface area contributed by atoms with Crippen molar-refractivity contribution in [1.82, 2.24) is 14.8 Å². The lowest BCUT2D eigenvalue weighted by Gasteiger charge is -2.23. The van der Waals surface area contributed by atoms with E-state index in [1.807, 2.05) is 12.1 Å². The van der Waals surface area contributed by atoms with Crippen LogP contribution in [0.25, 0.3) is 21.5 Å².